The summed E-state index contributed by atoms with van der Waals surface area (Å²) < 4.78 is 5.15. The average molecular weight is 352 g/mol. The molecule has 0 radical (unpaired) electrons. The molecule has 3 rings (SSSR count). The predicted molar refractivity (Wildman–Crippen MR) is 103 cm³/mol. The number of para-hydroxylation sites is 1. The van der Waals surface area contributed by atoms with Crippen LogP contribution in [0.25, 0.3) is 11.1 Å². The monoisotopic (exact) mass is 352 g/mol. The Hall–Kier alpha value is -2.53. The van der Waals surface area contributed by atoms with Crippen LogP contribution in [0.4, 0.5) is 5.69 Å². The van der Waals surface area contributed by atoms with E-state index in [2.05, 4.69) is 10.5 Å². The smallest absolute Gasteiger partial charge is 0.234 e. The van der Waals surface area contributed by atoms with E-state index in [4.69, 9.17) is 4.52 Å². The first-order valence-electron chi connectivity index (χ1n) is 8.09. The Morgan fingerprint density at radius 1 is 1.08 bits per heavy atom. The van der Waals surface area contributed by atoms with Crippen molar-refractivity contribution in [3.05, 3.63) is 71.6 Å². The number of aryl methyl sites for hydroxylation is 2. The number of thioether (sulfide) groups is 1. The fourth-order valence-electron chi connectivity index (χ4n) is 2.60. The number of hydrogen-bond donors (Lipinski definition) is 1. The lowest BCUT2D eigenvalue weighted by molar-refractivity contribution is -0.113. The number of nitrogens with zero attached hydrogens (tertiary/aromatic N) is 1. The Kier molecular flexibility index (Phi) is 5.56. The van der Waals surface area contributed by atoms with Gasteiger partial charge in [0.15, 0.2) is 0 Å². The molecule has 128 valence electrons. The van der Waals surface area contributed by atoms with E-state index in [1.165, 1.54) is 0 Å². The Morgan fingerprint density at radius 2 is 1.80 bits per heavy atom. The van der Waals surface area contributed by atoms with Crippen molar-refractivity contribution in [1.29, 1.82) is 0 Å². The van der Waals surface area contributed by atoms with Gasteiger partial charge < -0.3 is 9.84 Å². The predicted octanol–water partition coefficient (Wildman–Crippen LogP) is 4.83. The van der Waals surface area contributed by atoms with Gasteiger partial charge in [0.2, 0.25) is 5.91 Å². The molecule has 0 aliphatic carbocycles. The average Bonchev–Trinajstić information content (AvgIpc) is 2.95. The first-order chi connectivity index (χ1) is 12.1. The molecule has 0 fully saturated rings. The molecule has 0 spiro atoms. The minimum absolute atomic E-state index is 0.0138. The number of carbonyl (C=O) groups excluding carboxylic acids is 1. The highest BCUT2D eigenvalue weighted by atomic mass is 32.2. The van der Waals surface area contributed by atoms with Gasteiger partial charge in [-0.2, -0.15) is 0 Å². The van der Waals surface area contributed by atoms with Gasteiger partial charge in [0.25, 0.3) is 0 Å². The summed E-state index contributed by atoms with van der Waals surface area (Å²) in [6.45, 7) is 3.81. The molecule has 1 aromatic heterocycles. The van der Waals surface area contributed by atoms with Gasteiger partial charge in [0, 0.05) is 22.6 Å². The van der Waals surface area contributed by atoms with Crippen molar-refractivity contribution >= 4 is 23.4 Å². The van der Waals surface area contributed by atoms with Crippen LogP contribution in [-0.2, 0) is 10.5 Å². The van der Waals surface area contributed by atoms with Gasteiger partial charge in [-0.3, -0.25) is 4.79 Å². The molecule has 4 nitrogen and oxygen atoms in total. The summed E-state index contributed by atoms with van der Waals surface area (Å²) in [6, 6.07) is 17.9. The molecular weight excluding hydrogens is 332 g/mol. The third-order valence-corrected chi connectivity index (χ3v) is 4.91. The molecule has 2 aromatic carbocycles. The summed E-state index contributed by atoms with van der Waals surface area (Å²) in [6.07, 6.45) is 0. The lowest BCUT2D eigenvalue weighted by atomic mass is 10.0. The van der Waals surface area contributed by atoms with Crippen LogP contribution in [0.15, 0.2) is 59.1 Å². The summed E-state index contributed by atoms with van der Waals surface area (Å²) >= 11 is 1.56. The maximum absolute atomic E-state index is 12.3. The number of hydrogen-bond acceptors (Lipinski definition) is 4. The quantitative estimate of drug-likeness (QED) is 0.690. The van der Waals surface area contributed by atoms with Crippen LogP contribution >= 0.6 is 11.8 Å². The summed E-state index contributed by atoms with van der Waals surface area (Å²) in [7, 11) is 0. The van der Waals surface area contributed by atoms with Crippen molar-refractivity contribution in [2.75, 3.05) is 11.1 Å². The van der Waals surface area contributed by atoms with Crippen molar-refractivity contribution in [3.8, 4) is 11.1 Å². The maximum Gasteiger partial charge on any atom is 0.234 e. The number of rotatable bonds is 6. The molecule has 0 saturated carbocycles. The van der Waals surface area contributed by atoms with E-state index >= 15 is 0 Å². The van der Waals surface area contributed by atoms with Crippen LogP contribution in [0.3, 0.4) is 0 Å². The molecule has 1 heterocycles. The summed E-state index contributed by atoms with van der Waals surface area (Å²) in [5, 5.41) is 6.96. The van der Waals surface area contributed by atoms with Gasteiger partial charge in [-0.05, 0) is 25.5 Å². The lowest BCUT2D eigenvalue weighted by Gasteiger charge is -2.11. The number of amides is 1. The van der Waals surface area contributed by atoms with Gasteiger partial charge in [-0.1, -0.05) is 53.7 Å². The topological polar surface area (TPSA) is 55.1 Å². The van der Waals surface area contributed by atoms with E-state index < -0.39 is 0 Å². The molecular formula is C20H20N2O2S. The zero-order chi connectivity index (χ0) is 17.6. The molecule has 0 bridgehead atoms. The lowest BCUT2D eigenvalue weighted by Crippen LogP contribution is -2.14. The van der Waals surface area contributed by atoms with E-state index in [0.717, 1.165) is 39.6 Å². The second kappa shape index (κ2) is 8.03. The van der Waals surface area contributed by atoms with Crippen molar-refractivity contribution in [2.24, 2.45) is 0 Å². The van der Waals surface area contributed by atoms with Gasteiger partial charge in [-0.25, -0.2) is 0 Å². The van der Waals surface area contributed by atoms with E-state index in [-0.39, 0.29) is 5.91 Å². The third kappa shape index (κ3) is 4.31. The Morgan fingerprint density at radius 3 is 2.52 bits per heavy atom. The number of carbonyl (C=O) groups is 1. The number of anilines is 1. The maximum atomic E-state index is 12.3. The fourth-order valence-corrected chi connectivity index (χ4v) is 3.58. The number of nitrogens with one attached hydrogen (secondary N) is 1. The summed E-state index contributed by atoms with van der Waals surface area (Å²) in [5.41, 5.74) is 4.90. The van der Waals surface area contributed by atoms with Crippen LogP contribution in [0.2, 0.25) is 0 Å². The van der Waals surface area contributed by atoms with Crippen LogP contribution in [0.5, 0.6) is 0 Å². The molecule has 0 unspecified atom stereocenters. The molecule has 25 heavy (non-hydrogen) atoms. The summed E-state index contributed by atoms with van der Waals surface area (Å²) in [5.74, 6) is 1.90. The zero-order valence-corrected chi connectivity index (χ0v) is 15.1. The highest BCUT2D eigenvalue weighted by molar-refractivity contribution is 7.99. The Labute approximate surface area is 151 Å². The Bertz CT molecular complexity index is 840. The van der Waals surface area contributed by atoms with Crippen molar-refractivity contribution in [3.63, 3.8) is 0 Å². The van der Waals surface area contributed by atoms with E-state index in [1.54, 1.807) is 11.8 Å². The molecule has 1 N–H and O–H groups in total. The van der Waals surface area contributed by atoms with Crippen molar-refractivity contribution < 1.29 is 9.32 Å². The highest BCUT2D eigenvalue weighted by Crippen LogP contribution is 2.28. The van der Waals surface area contributed by atoms with Crippen LogP contribution in [0.1, 0.15) is 17.0 Å². The molecule has 3 aromatic rings. The van der Waals surface area contributed by atoms with E-state index in [0.29, 0.717) is 5.75 Å². The van der Waals surface area contributed by atoms with Crippen molar-refractivity contribution in [1.82, 2.24) is 5.16 Å². The fraction of sp³-hybridized carbons (Fsp3) is 0.200. The van der Waals surface area contributed by atoms with E-state index in [9.17, 15) is 4.79 Å². The SMILES string of the molecule is Cc1noc(C)c1CSCC(=O)Nc1ccccc1-c1ccccc1. The first-order valence-corrected chi connectivity index (χ1v) is 9.24. The molecule has 1 amide bonds. The number of benzene rings is 2. The standard InChI is InChI=1S/C20H20N2O2S/c1-14-18(15(2)24-22-14)12-25-13-20(23)21-19-11-7-6-10-17(19)16-8-4-3-5-9-16/h3-11H,12-13H2,1-2H3,(H,21,23). The third-order valence-electron chi connectivity index (χ3n) is 3.95. The zero-order valence-electron chi connectivity index (χ0n) is 14.3. The molecule has 0 atom stereocenters. The summed E-state index contributed by atoms with van der Waals surface area (Å²) in [4.78, 5) is 12.3. The van der Waals surface area contributed by atoms with Gasteiger partial charge >= 0.3 is 0 Å². The highest BCUT2D eigenvalue weighted by Gasteiger charge is 2.11. The Balaban J connectivity index is 1.62. The molecule has 0 saturated heterocycles. The van der Waals surface area contributed by atoms with Gasteiger partial charge in [-0.15, -0.1) is 11.8 Å². The molecule has 5 heteroatoms. The molecule has 0 aliphatic heterocycles. The minimum Gasteiger partial charge on any atom is -0.361 e. The van der Waals surface area contributed by atoms with Gasteiger partial charge in [0.05, 0.1) is 11.4 Å². The molecule has 0 aliphatic rings. The van der Waals surface area contributed by atoms with E-state index in [1.807, 2.05) is 68.4 Å². The second-order valence-corrected chi connectivity index (χ2v) is 6.74. The second-order valence-electron chi connectivity index (χ2n) is 5.76. The largest absolute Gasteiger partial charge is 0.361 e. The normalized spacial score (nSPS) is 10.6. The first kappa shape index (κ1) is 17.3. The van der Waals surface area contributed by atoms with Gasteiger partial charge in [0.1, 0.15) is 5.76 Å². The van der Waals surface area contributed by atoms with Crippen LogP contribution in [-0.4, -0.2) is 16.8 Å². The van der Waals surface area contributed by atoms with Crippen LogP contribution in [0, 0.1) is 13.8 Å². The van der Waals surface area contributed by atoms with Crippen LogP contribution < -0.4 is 5.32 Å². The van der Waals surface area contributed by atoms with Crippen molar-refractivity contribution in [2.45, 2.75) is 19.6 Å². The minimum atomic E-state index is -0.0138. The number of aromatic nitrogens is 1.